The molecule has 1 heterocycles. The van der Waals surface area contributed by atoms with Crippen LogP contribution in [0.1, 0.15) is 11.1 Å². The van der Waals surface area contributed by atoms with E-state index in [1.807, 2.05) is 66.9 Å². The summed E-state index contributed by atoms with van der Waals surface area (Å²) in [4.78, 5) is 11.2. The molecule has 0 spiro atoms. The van der Waals surface area contributed by atoms with Gasteiger partial charge in [0.15, 0.2) is 11.5 Å². The van der Waals surface area contributed by atoms with E-state index in [0.29, 0.717) is 29.5 Å². The average molecular weight is 417 g/mol. The number of carboxylic acid groups (broad SMARTS) is 1. The van der Waals surface area contributed by atoms with Crippen molar-refractivity contribution in [3.8, 4) is 23.0 Å². The average Bonchev–Trinajstić information content (AvgIpc) is 3.11. The van der Waals surface area contributed by atoms with Gasteiger partial charge in [0.1, 0.15) is 11.5 Å². The Balaban J connectivity index is 1.61. The Morgan fingerprint density at radius 1 is 0.903 bits per heavy atom. The van der Waals surface area contributed by atoms with E-state index in [0.717, 1.165) is 22.0 Å². The lowest BCUT2D eigenvalue weighted by atomic mass is 10.1. The van der Waals surface area contributed by atoms with Crippen LogP contribution >= 0.6 is 0 Å². The summed E-state index contributed by atoms with van der Waals surface area (Å²) in [6, 6.07) is 21.0. The number of hydrogen-bond donors (Lipinski definition) is 1. The fourth-order valence-corrected chi connectivity index (χ4v) is 3.65. The molecular weight excluding hydrogens is 394 g/mol. The SMILES string of the molecule is COc1ccc(Oc2cccc(Cn3cc(CC(=O)O)c4ccccc43)c2)c(OC)c1. The van der Waals surface area contributed by atoms with E-state index in [-0.39, 0.29) is 6.42 Å². The van der Waals surface area contributed by atoms with Crippen LogP contribution in [0.25, 0.3) is 10.9 Å². The summed E-state index contributed by atoms with van der Waals surface area (Å²) >= 11 is 0. The second-order valence-corrected chi connectivity index (χ2v) is 7.14. The number of hydrogen-bond acceptors (Lipinski definition) is 4. The summed E-state index contributed by atoms with van der Waals surface area (Å²) in [6.45, 7) is 0.594. The zero-order valence-corrected chi connectivity index (χ0v) is 17.4. The highest BCUT2D eigenvalue weighted by Gasteiger charge is 2.12. The van der Waals surface area contributed by atoms with Crippen LogP contribution in [0.15, 0.2) is 72.9 Å². The first-order valence-corrected chi connectivity index (χ1v) is 9.84. The third-order valence-electron chi connectivity index (χ3n) is 5.06. The minimum absolute atomic E-state index is 0.00602. The lowest BCUT2D eigenvalue weighted by Gasteiger charge is -2.13. The monoisotopic (exact) mass is 417 g/mol. The third-order valence-corrected chi connectivity index (χ3v) is 5.06. The van der Waals surface area contributed by atoms with Gasteiger partial charge in [0.05, 0.1) is 20.6 Å². The summed E-state index contributed by atoms with van der Waals surface area (Å²) in [5, 5.41) is 10.2. The molecular formula is C25H23NO5. The number of aliphatic carboxylic acids is 1. The number of benzene rings is 3. The van der Waals surface area contributed by atoms with Crippen molar-refractivity contribution in [1.82, 2.24) is 4.57 Å². The molecule has 0 aliphatic rings. The van der Waals surface area contributed by atoms with Crippen LogP contribution in [0.3, 0.4) is 0 Å². The molecule has 0 saturated carbocycles. The minimum atomic E-state index is -0.841. The molecule has 0 atom stereocenters. The Labute approximate surface area is 180 Å². The van der Waals surface area contributed by atoms with Crippen LogP contribution in [-0.2, 0) is 17.8 Å². The van der Waals surface area contributed by atoms with Crippen molar-refractivity contribution in [2.45, 2.75) is 13.0 Å². The van der Waals surface area contributed by atoms with Gasteiger partial charge in [0, 0.05) is 29.7 Å². The first-order valence-electron chi connectivity index (χ1n) is 9.84. The number of methoxy groups -OCH3 is 2. The lowest BCUT2D eigenvalue weighted by molar-refractivity contribution is -0.136. The van der Waals surface area contributed by atoms with Crippen molar-refractivity contribution in [2.75, 3.05) is 14.2 Å². The van der Waals surface area contributed by atoms with E-state index in [4.69, 9.17) is 14.2 Å². The van der Waals surface area contributed by atoms with Gasteiger partial charge < -0.3 is 23.9 Å². The van der Waals surface area contributed by atoms with Gasteiger partial charge in [-0.15, -0.1) is 0 Å². The second kappa shape index (κ2) is 8.83. The fourth-order valence-electron chi connectivity index (χ4n) is 3.65. The van der Waals surface area contributed by atoms with Crippen molar-refractivity contribution in [1.29, 1.82) is 0 Å². The normalized spacial score (nSPS) is 10.8. The molecule has 0 fully saturated rings. The smallest absolute Gasteiger partial charge is 0.307 e. The number of carbonyl (C=O) groups is 1. The topological polar surface area (TPSA) is 69.9 Å². The van der Waals surface area contributed by atoms with Gasteiger partial charge in [0.2, 0.25) is 0 Å². The standard InChI is InChI=1S/C25H23NO5/c1-29-19-10-11-23(24(14-19)30-2)31-20-7-5-6-17(12-20)15-26-16-18(13-25(27)28)21-8-3-4-9-22(21)26/h3-12,14,16H,13,15H2,1-2H3,(H,27,28). The van der Waals surface area contributed by atoms with Gasteiger partial charge in [-0.1, -0.05) is 30.3 Å². The van der Waals surface area contributed by atoms with Crippen LogP contribution in [0.4, 0.5) is 0 Å². The Morgan fingerprint density at radius 3 is 2.52 bits per heavy atom. The van der Waals surface area contributed by atoms with Gasteiger partial charge in [-0.2, -0.15) is 0 Å². The van der Waals surface area contributed by atoms with Gasteiger partial charge in [-0.25, -0.2) is 0 Å². The highest BCUT2D eigenvalue weighted by Crippen LogP contribution is 2.35. The Hall–Kier alpha value is -3.93. The number of aromatic nitrogens is 1. The Kier molecular flexibility index (Phi) is 5.80. The Bertz CT molecular complexity index is 1230. The minimum Gasteiger partial charge on any atom is -0.497 e. The lowest BCUT2D eigenvalue weighted by Crippen LogP contribution is -2.00. The van der Waals surface area contributed by atoms with Crippen LogP contribution < -0.4 is 14.2 Å². The fraction of sp³-hybridized carbons (Fsp3) is 0.160. The molecule has 31 heavy (non-hydrogen) atoms. The summed E-state index contributed by atoms with van der Waals surface area (Å²) in [5.74, 6) is 1.71. The van der Waals surface area contributed by atoms with Gasteiger partial charge >= 0.3 is 5.97 Å². The Morgan fingerprint density at radius 2 is 1.74 bits per heavy atom. The number of fused-ring (bicyclic) bond motifs is 1. The zero-order chi connectivity index (χ0) is 21.8. The van der Waals surface area contributed by atoms with Crippen LogP contribution in [0, 0.1) is 0 Å². The number of ether oxygens (including phenoxy) is 3. The number of nitrogens with zero attached hydrogens (tertiary/aromatic N) is 1. The number of para-hydroxylation sites is 1. The maximum atomic E-state index is 11.2. The third kappa shape index (κ3) is 4.48. The summed E-state index contributed by atoms with van der Waals surface area (Å²) < 4.78 is 18.8. The van der Waals surface area contributed by atoms with Crippen molar-refractivity contribution >= 4 is 16.9 Å². The predicted octanol–water partition coefficient (Wildman–Crippen LogP) is 5.13. The maximum absolute atomic E-state index is 11.2. The van der Waals surface area contributed by atoms with Crippen molar-refractivity contribution in [3.05, 3.63) is 84.1 Å². The van der Waals surface area contributed by atoms with E-state index in [9.17, 15) is 9.90 Å². The highest BCUT2D eigenvalue weighted by molar-refractivity contribution is 5.87. The van der Waals surface area contributed by atoms with Crippen molar-refractivity contribution in [2.24, 2.45) is 0 Å². The van der Waals surface area contributed by atoms with E-state index in [1.54, 1.807) is 20.3 Å². The molecule has 0 aliphatic heterocycles. The van der Waals surface area contributed by atoms with E-state index >= 15 is 0 Å². The van der Waals surface area contributed by atoms with Crippen molar-refractivity contribution in [3.63, 3.8) is 0 Å². The largest absolute Gasteiger partial charge is 0.497 e. The first-order chi connectivity index (χ1) is 15.1. The molecule has 1 aromatic heterocycles. The van der Waals surface area contributed by atoms with Gasteiger partial charge in [-0.3, -0.25) is 4.79 Å². The van der Waals surface area contributed by atoms with E-state index in [2.05, 4.69) is 4.57 Å². The van der Waals surface area contributed by atoms with Gasteiger partial charge in [0.25, 0.3) is 0 Å². The summed E-state index contributed by atoms with van der Waals surface area (Å²) in [7, 11) is 3.19. The molecule has 0 saturated heterocycles. The number of carboxylic acids is 1. The van der Waals surface area contributed by atoms with E-state index in [1.165, 1.54) is 0 Å². The predicted molar refractivity (Wildman–Crippen MR) is 118 cm³/mol. The van der Waals surface area contributed by atoms with Gasteiger partial charge in [-0.05, 0) is 41.5 Å². The molecule has 6 heteroatoms. The summed E-state index contributed by atoms with van der Waals surface area (Å²) in [5.41, 5.74) is 2.84. The first kappa shape index (κ1) is 20.3. The highest BCUT2D eigenvalue weighted by atomic mass is 16.5. The quantitative estimate of drug-likeness (QED) is 0.431. The molecule has 4 rings (SSSR count). The van der Waals surface area contributed by atoms with Crippen molar-refractivity contribution < 1.29 is 24.1 Å². The second-order valence-electron chi connectivity index (χ2n) is 7.14. The number of rotatable bonds is 8. The molecule has 3 aromatic carbocycles. The zero-order valence-electron chi connectivity index (χ0n) is 17.4. The van der Waals surface area contributed by atoms with Crippen LogP contribution in [0.2, 0.25) is 0 Å². The molecule has 1 N–H and O–H groups in total. The van der Waals surface area contributed by atoms with Crippen LogP contribution in [-0.4, -0.2) is 29.9 Å². The molecule has 0 radical (unpaired) electrons. The maximum Gasteiger partial charge on any atom is 0.307 e. The van der Waals surface area contributed by atoms with E-state index < -0.39 is 5.97 Å². The molecule has 6 nitrogen and oxygen atoms in total. The summed E-state index contributed by atoms with van der Waals surface area (Å²) in [6.07, 6.45) is 1.91. The molecule has 4 aromatic rings. The molecule has 0 unspecified atom stereocenters. The molecule has 158 valence electrons. The molecule has 0 aliphatic carbocycles. The molecule has 0 amide bonds. The molecule has 0 bridgehead atoms. The van der Waals surface area contributed by atoms with Crippen LogP contribution in [0.5, 0.6) is 23.0 Å².